The molecule has 0 aliphatic carbocycles. The zero-order chi connectivity index (χ0) is 56.0. The Bertz CT molecular complexity index is 2110. The minimum Gasteiger partial charge on any atom is -0.481 e. The number of amides is 5. The monoisotopic (exact) mass is 1160 g/mol. The fraction of sp³-hybridized carbons (Fsp3) is 0.609. The average Bonchev–Trinajstić information content (AvgIpc) is 3.20. The number of nitrogens with two attached hydrogens (primary N) is 1. The van der Waals surface area contributed by atoms with E-state index in [-0.39, 0.29) is 77.5 Å². The van der Waals surface area contributed by atoms with E-state index in [1.165, 1.54) is 0 Å². The minimum absolute atomic E-state index is 0.00554. The van der Waals surface area contributed by atoms with E-state index in [1.807, 2.05) is 0 Å². The number of ether oxygens (including phenoxy) is 6. The molecule has 0 radical (unpaired) electrons. The van der Waals surface area contributed by atoms with Gasteiger partial charge in [-0.2, -0.15) is 0 Å². The Morgan fingerprint density at radius 1 is 0.521 bits per heavy atom. The summed E-state index contributed by atoms with van der Waals surface area (Å²) >= 11 is 6.58. The van der Waals surface area contributed by atoms with Crippen molar-refractivity contribution in [1.29, 1.82) is 0 Å². The van der Waals surface area contributed by atoms with Crippen molar-refractivity contribution < 1.29 is 71.9 Å². The highest BCUT2D eigenvalue weighted by Crippen LogP contribution is 2.23. The Labute approximate surface area is 443 Å². The van der Waals surface area contributed by atoms with E-state index in [4.69, 9.17) is 39.3 Å². The average molecular weight is 1170 g/mol. The molecular weight excluding hydrogens is 1090 g/mol. The molecule has 2 rings (SSSR count). The summed E-state index contributed by atoms with van der Waals surface area (Å²) in [5, 5.41) is 26.8. The molecule has 73 heavy (non-hydrogen) atoms. The third-order valence-electron chi connectivity index (χ3n) is 7.35. The van der Waals surface area contributed by atoms with E-state index in [0.717, 1.165) is 4.47 Å². The number of nitrogen functional groups attached to an aromatic ring is 1. The second-order valence-corrected chi connectivity index (χ2v) is 20.9. The van der Waals surface area contributed by atoms with Crippen LogP contribution in [-0.2, 0) is 47.6 Å². The van der Waals surface area contributed by atoms with Crippen molar-refractivity contribution in [2.24, 2.45) is 0 Å². The first-order chi connectivity index (χ1) is 33.6. The van der Waals surface area contributed by atoms with Crippen molar-refractivity contribution >= 4 is 103 Å². The fourth-order valence-electron chi connectivity index (χ4n) is 4.64. The van der Waals surface area contributed by atoms with Crippen LogP contribution in [0.25, 0.3) is 0 Å². The van der Waals surface area contributed by atoms with Gasteiger partial charge in [0.15, 0.2) is 0 Å². The largest absolute Gasteiger partial charge is 0.481 e. The molecule has 2 aromatic rings. The molecule has 0 saturated carbocycles. The van der Waals surface area contributed by atoms with Gasteiger partial charge in [-0.3, -0.25) is 19.2 Å². The summed E-state index contributed by atoms with van der Waals surface area (Å²) in [7, 11) is 0. The van der Waals surface area contributed by atoms with Crippen LogP contribution in [0.3, 0.4) is 0 Å². The summed E-state index contributed by atoms with van der Waals surface area (Å²) in [6.07, 6.45) is 0.808. The number of esters is 2. The van der Waals surface area contributed by atoms with Gasteiger partial charge in [0.2, 0.25) is 5.91 Å². The predicted octanol–water partition coefficient (Wildman–Crippen LogP) is 6.85. The normalized spacial score (nSPS) is 11.0. The number of halogens is 2. The van der Waals surface area contributed by atoms with Gasteiger partial charge in [0.1, 0.15) is 47.3 Å². The number of carbonyl (C=O) groups excluding carboxylic acids is 7. The van der Waals surface area contributed by atoms with Crippen LogP contribution in [0.2, 0.25) is 0 Å². The molecule has 10 N–H and O–H groups in total. The molecule has 2 heterocycles. The predicted molar refractivity (Wildman–Crippen MR) is 279 cm³/mol. The number of hydrogen-bond acceptors (Lipinski definition) is 19. The highest BCUT2D eigenvalue weighted by Gasteiger charge is 2.19. The number of rotatable bonds is 21. The number of carbonyl (C=O) groups is 8. The molecule has 2 aromatic heterocycles. The molecule has 0 atom stereocenters. The van der Waals surface area contributed by atoms with Crippen LogP contribution in [0, 0.1) is 0 Å². The third kappa shape index (κ3) is 39.9. The van der Waals surface area contributed by atoms with Crippen LogP contribution < -0.4 is 43.0 Å². The summed E-state index contributed by atoms with van der Waals surface area (Å²) in [5.41, 5.74) is 4.34. The highest BCUT2D eigenvalue weighted by atomic mass is 79.9. The topological polar surface area (TPSA) is 348 Å². The number of aliphatic carboxylic acids is 1. The van der Waals surface area contributed by atoms with Gasteiger partial charge in [-0.25, -0.2) is 29.1 Å². The zero-order valence-corrected chi connectivity index (χ0v) is 46.9. The molecule has 412 valence electrons. The lowest BCUT2D eigenvalue weighted by Gasteiger charge is -2.19. The van der Waals surface area contributed by atoms with Gasteiger partial charge in [0, 0.05) is 53.9 Å². The van der Waals surface area contributed by atoms with Crippen LogP contribution in [-0.4, -0.2) is 138 Å². The van der Waals surface area contributed by atoms with Crippen molar-refractivity contribution in [2.45, 2.75) is 131 Å². The first-order valence-corrected chi connectivity index (χ1v) is 24.5. The SMILES string of the molecule is CC(C)(C)OC(=O)NCCC(=O)Nc1cc(Br)cnc1NCCOC(=O)CCNC(=O)OC(C)(C)C.CC(C)(C)OC(=O)NCCC(=O)O.CC(C)(C)OC(=O)NCCC(=O)OCCNc1ncc(Br)cc1N. The van der Waals surface area contributed by atoms with Crippen LogP contribution in [0.1, 0.15) is 109 Å². The number of nitrogens with one attached hydrogen (secondary N) is 7. The van der Waals surface area contributed by atoms with Crippen LogP contribution in [0.5, 0.6) is 0 Å². The number of nitrogens with zero attached hydrogens (tertiary/aromatic N) is 2. The summed E-state index contributed by atoms with van der Waals surface area (Å²) < 4.78 is 31.8. The molecule has 0 fully saturated rings. The smallest absolute Gasteiger partial charge is 0.407 e. The Morgan fingerprint density at radius 3 is 1.23 bits per heavy atom. The second-order valence-electron chi connectivity index (χ2n) is 19.1. The first-order valence-electron chi connectivity index (χ1n) is 22.9. The first kappa shape index (κ1) is 66.6. The van der Waals surface area contributed by atoms with Crippen LogP contribution in [0.4, 0.5) is 42.2 Å². The maximum Gasteiger partial charge on any atom is 0.407 e. The molecule has 0 unspecified atom stereocenters. The number of carboxylic acid groups (broad SMARTS) is 1. The van der Waals surface area contributed by atoms with Crippen molar-refractivity contribution in [3.63, 3.8) is 0 Å². The quantitative estimate of drug-likeness (QED) is 0.0350. The molecule has 0 saturated heterocycles. The summed E-state index contributed by atoms with van der Waals surface area (Å²) in [6.45, 7) is 22.3. The minimum atomic E-state index is -0.948. The molecule has 0 bridgehead atoms. The number of pyridine rings is 2. The zero-order valence-electron chi connectivity index (χ0n) is 43.7. The summed E-state index contributed by atoms with van der Waals surface area (Å²) in [5.74, 6) is -1.27. The number of alkyl carbamates (subject to hydrolysis) is 4. The van der Waals surface area contributed by atoms with E-state index in [0.29, 0.717) is 34.0 Å². The second kappa shape index (κ2) is 33.4. The lowest BCUT2D eigenvalue weighted by molar-refractivity contribution is -0.144. The molecule has 0 aliphatic rings. The number of anilines is 4. The Hall–Kier alpha value is -6.38. The van der Waals surface area contributed by atoms with E-state index in [9.17, 15) is 38.4 Å². The Balaban J connectivity index is 0.00000120. The van der Waals surface area contributed by atoms with E-state index < -0.39 is 64.7 Å². The highest BCUT2D eigenvalue weighted by molar-refractivity contribution is 9.10. The molecule has 0 spiro atoms. The third-order valence-corrected chi connectivity index (χ3v) is 8.22. The van der Waals surface area contributed by atoms with Gasteiger partial charge in [0.25, 0.3) is 0 Å². The van der Waals surface area contributed by atoms with Crippen molar-refractivity contribution in [2.75, 3.05) is 74.2 Å². The van der Waals surface area contributed by atoms with Gasteiger partial charge in [-0.05, 0) is 127 Å². The maximum atomic E-state index is 12.3. The number of aromatic nitrogens is 2. The summed E-state index contributed by atoms with van der Waals surface area (Å²) in [6, 6.07) is 3.40. The van der Waals surface area contributed by atoms with Gasteiger partial charge >= 0.3 is 42.3 Å². The molecule has 25 nitrogen and oxygen atoms in total. The molecule has 0 aliphatic heterocycles. The Kier molecular flexibility index (Phi) is 30.5. The van der Waals surface area contributed by atoms with Crippen LogP contribution in [0.15, 0.2) is 33.5 Å². The maximum absolute atomic E-state index is 12.3. The van der Waals surface area contributed by atoms with E-state index in [1.54, 1.807) is 108 Å². The van der Waals surface area contributed by atoms with Gasteiger partial charge in [-0.1, -0.05) is 0 Å². The molecule has 27 heteroatoms. The van der Waals surface area contributed by atoms with Crippen molar-refractivity contribution in [1.82, 2.24) is 31.2 Å². The summed E-state index contributed by atoms with van der Waals surface area (Å²) in [4.78, 5) is 99.7. The van der Waals surface area contributed by atoms with Gasteiger partial charge in [-0.15, -0.1) is 0 Å². The van der Waals surface area contributed by atoms with E-state index >= 15 is 0 Å². The lowest BCUT2D eigenvalue weighted by Crippen LogP contribution is -2.34. The van der Waals surface area contributed by atoms with Crippen LogP contribution >= 0.6 is 31.9 Å². The van der Waals surface area contributed by atoms with Gasteiger partial charge < -0.3 is 76.5 Å². The van der Waals surface area contributed by atoms with E-state index in [2.05, 4.69) is 79.0 Å². The van der Waals surface area contributed by atoms with Crippen molar-refractivity contribution in [3.05, 3.63) is 33.5 Å². The lowest BCUT2D eigenvalue weighted by atomic mass is 10.2. The van der Waals surface area contributed by atoms with Gasteiger partial charge in [0.05, 0.1) is 43.7 Å². The molecule has 5 amide bonds. The molecular formula is C46H74Br2N10O15. The number of carboxylic acids is 1. The van der Waals surface area contributed by atoms with Crippen molar-refractivity contribution in [3.8, 4) is 0 Å². The molecule has 0 aromatic carbocycles. The standard InChI is InChI=1S/C23H36BrN5O7.C15H23BrN4O4.C8H15NO4/c1-22(2,3)35-20(32)26-9-7-17(30)29-16-13-15(24)14-28-19(16)25-11-12-34-18(31)8-10-27-21(33)36-23(4,5)6;1-15(2,3)24-14(22)19-5-4-12(21)23-7-6-18-13-11(17)8-10(16)9-20-13;1-8(2,3)13-7(12)9-5-4-6(10)11/h13-14H,7-12H2,1-6H3,(H,25,28)(H,26,32)(H,27,33)(H,29,30);8-9H,4-7,17H2,1-3H3,(H,18,20)(H,19,22);4-5H2,1-3H3,(H,9,12)(H,10,11). The fourth-order valence-corrected chi connectivity index (χ4v) is 5.32. The number of hydrogen-bond donors (Lipinski definition) is 9. The Morgan fingerprint density at radius 2 is 0.863 bits per heavy atom.